The van der Waals surface area contributed by atoms with Crippen LogP contribution in [0.5, 0.6) is 5.75 Å². The highest BCUT2D eigenvalue weighted by molar-refractivity contribution is 5.93. The van der Waals surface area contributed by atoms with Gasteiger partial charge < -0.3 is 20.9 Å². The fourth-order valence-corrected chi connectivity index (χ4v) is 1.54. The van der Waals surface area contributed by atoms with Crippen molar-refractivity contribution in [1.29, 1.82) is 0 Å². The van der Waals surface area contributed by atoms with Crippen LogP contribution in [0.1, 0.15) is 12.5 Å². The van der Waals surface area contributed by atoms with Gasteiger partial charge in [0.05, 0.1) is 19.4 Å². The van der Waals surface area contributed by atoms with E-state index in [-0.39, 0.29) is 30.2 Å². The smallest absolute Gasteiger partial charge is 0.354 e. The van der Waals surface area contributed by atoms with Gasteiger partial charge in [0, 0.05) is 18.3 Å². The molecule has 0 radical (unpaired) electrons. The lowest BCUT2D eigenvalue weighted by Gasteiger charge is -2.08. The van der Waals surface area contributed by atoms with Gasteiger partial charge in [-0.05, 0) is 25.1 Å². The molecule has 6 nitrogen and oxygen atoms in total. The van der Waals surface area contributed by atoms with E-state index in [0.717, 1.165) is 0 Å². The van der Waals surface area contributed by atoms with Crippen molar-refractivity contribution < 1.29 is 18.7 Å². The molecule has 21 heavy (non-hydrogen) atoms. The maximum absolute atomic E-state index is 14.0. The van der Waals surface area contributed by atoms with Gasteiger partial charge in [-0.3, -0.25) is 4.99 Å². The lowest BCUT2D eigenvalue weighted by Crippen LogP contribution is -2.14. The number of benzene rings is 1. The van der Waals surface area contributed by atoms with Gasteiger partial charge in [0.25, 0.3) is 0 Å². The first-order chi connectivity index (χ1) is 10.0. The normalized spacial score (nSPS) is 11.7. The molecular formula is C14H18FN3O3. The number of hydrogen-bond donors (Lipinski definition) is 2. The molecule has 1 rings (SSSR count). The predicted molar refractivity (Wildman–Crippen MR) is 77.9 cm³/mol. The molecule has 0 aliphatic rings. The van der Waals surface area contributed by atoms with Crippen LogP contribution in [0.4, 0.5) is 10.1 Å². The molecule has 0 aromatic heterocycles. The summed E-state index contributed by atoms with van der Waals surface area (Å²) in [6.45, 7) is 1.87. The summed E-state index contributed by atoms with van der Waals surface area (Å²) in [6, 6.07) is 3.01. The topological polar surface area (TPSA) is 99.9 Å². The molecule has 114 valence electrons. The average molecular weight is 295 g/mol. The molecule has 0 aliphatic heterocycles. The van der Waals surface area contributed by atoms with E-state index in [0.29, 0.717) is 5.69 Å². The fraction of sp³-hybridized carbons (Fsp3) is 0.286. The van der Waals surface area contributed by atoms with Crippen LogP contribution >= 0.6 is 0 Å². The second kappa shape index (κ2) is 8.01. The molecule has 7 heteroatoms. The van der Waals surface area contributed by atoms with Crippen molar-refractivity contribution in [2.45, 2.75) is 13.5 Å². The summed E-state index contributed by atoms with van der Waals surface area (Å²) in [5.41, 5.74) is 11.5. The Hall–Kier alpha value is -2.41. The molecule has 0 amide bonds. The van der Waals surface area contributed by atoms with Crippen molar-refractivity contribution in [2.75, 3.05) is 13.7 Å². The number of nitrogens with zero attached hydrogens (tertiary/aromatic N) is 1. The first kappa shape index (κ1) is 16.6. The van der Waals surface area contributed by atoms with Gasteiger partial charge in [-0.2, -0.15) is 0 Å². The largest absolute Gasteiger partial charge is 0.494 e. The lowest BCUT2D eigenvalue weighted by atomic mass is 10.1. The number of hydrogen-bond acceptors (Lipinski definition) is 6. The van der Waals surface area contributed by atoms with Gasteiger partial charge in [0.2, 0.25) is 0 Å². The zero-order valence-electron chi connectivity index (χ0n) is 11.9. The van der Waals surface area contributed by atoms with E-state index in [2.05, 4.69) is 4.99 Å². The van der Waals surface area contributed by atoms with Crippen LogP contribution in [0.25, 0.3) is 0 Å². The maximum Gasteiger partial charge on any atom is 0.354 e. The molecule has 0 heterocycles. The summed E-state index contributed by atoms with van der Waals surface area (Å²) in [7, 11) is 1.37. The van der Waals surface area contributed by atoms with Crippen LogP contribution in [0.2, 0.25) is 0 Å². The maximum atomic E-state index is 14.0. The van der Waals surface area contributed by atoms with E-state index >= 15 is 0 Å². The van der Waals surface area contributed by atoms with Crippen molar-refractivity contribution in [3.8, 4) is 5.75 Å². The Kier molecular flexibility index (Phi) is 6.35. The van der Waals surface area contributed by atoms with Crippen molar-refractivity contribution in [1.82, 2.24) is 0 Å². The zero-order chi connectivity index (χ0) is 15.8. The third-order valence-electron chi connectivity index (χ3n) is 2.59. The minimum Gasteiger partial charge on any atom is -0.494 e. The minimum absolute atomic E-state index is 0.0349. The van der Waals surface area contributed by atoms with E-state index in [1.165, 1.54) is 25.5 Å². The van der Waals surface area contributed by atoms with Gasteiger partial charge in [-0.25, -0.2) is 9.18 Å². The van der Waals surface area contributed by atoms with Crippen LogP contribution in [-0.2, 0) is 16.1 Å². The predicted octanol–water partition coefficient (Wildman–Crippen LogP) is 1.40. The van der Waals surface area contributed by atoms with Crippen LogP contribution in [0.3, 0.4) is 0 Å². The molecule has 0 fully saturated rings. The number of esters is 1. The third-order valence-corrected chi connectivity index (χ3v) is 2.59. The number of methoxy groups -OCH3 is 1. The fourth-order valence-electron chi connectivity index (χ4n) is 1.54. The summed E-state index contributed by atoms with van der Waals surface area (Å²) in [5, 5.41) is 0. The SMILES string of the molecule is CCOC(=O)C(N)=CC=Nc1ccc(OC)c(F)c1CN. The van der Waals surface area contributed by atoms with Gasteiger partial charge >= 0.3 is 5.97 Å². The van der Waals surface area contributed by atoms with Crippen LogP contribution < -0.4 is 16.2 Å². The number of aliphatic imine (C=N–C) groups is 1. The number of allylic oxidation sites excluding steroid dienone is 1. The van der Waals surface area contributed by atoms with Crippen molar-refractivity contribution in [2.24, 2.45) is 16.5 Å². The summed E-state index contributed by atoms with van der Waals surface area (Å²) >= 11 is 0. The number of nitrogens with two attached hydrogens (primary N) is 2. The minimum atomic E-state index is -0.635. The highest BCUT2D eigenvalue weighted by atomic mass is 19.1. The average Bonchev–Trinajstić information content (AvgIpc) is 2.47. The number of ether oxygens (including phenoxy) is 2. The molecule has 0 aliphatic carbocycles. The first-order valence-electron chi connectivity index (χ1n) is 6.27. The van der Waals surface area contributed by atoms with Crippen LogP contribution in [0, 0.1) is 5.82 Å². The number of rotatable bonds is 6. The lowest BCUT2D eigenvalue weighted by molar-refractivity contribution is -0.138. The van der Waals surface area contributed by atoms with E-state index in [1.54, 1.807) is 13.0 Å². The molecular weight excluding hydrogens is 277 g/mol. The second-order valence-corrected chi connectivity index (χ2v) is 3.90. The van der Waals surface area contributed by atoms with Gasteiger partial charge in [-0.1, -0.05) is 0 Å². The third kappa shape index (κ3) is 4.28. The molecule has 0 atom stereocenters. The molecule has 4 N–H and O–H groups in total. The summed E-state index contributed by atoms with van der Waals surface area (Å²) in [4.78, 5) is 15.3. The molecule has 1 aromatic rings. The first-order valence-corrected chi connectivity index (χ1v) is 6.27. The highest BCUT2D eigenvalue weighted by Crippen LogP contribution is 2.28. The molecule has 0 bridgehead atoms. The Morgan fingerprint density at radius 2 is 2.19 bits per heavy atom. The van der Waals surface area contributed by atoms with E-state index in [1.807, 2.05) is 0 Å². The number of carbonyl (C=O) groups excluding carboxylic acids is 1. The van der Waals surface area contributed by atoms with Crippen molar-refractivity contribution in [3.63, 3.8) is 0 Å². The highest BCUT2D eigenvalue weighted by Gasteiger charge is 2.12. The Bertz CT molecular complexity index is 571. The monoisotopic (exact) mass is 295 g/mol. The van der Waals surface area contributed by atoms with Crippen LogP contribution in [0.15, 0.2) is 28.9 Å². The quantitative estimate of drug-likeness (QED) is 0.469. The zero-order valence-corrected chi connectivity index (χ0v) is 11.9. The molecule has 1 aromatic carbocycles. The Morgan fingerprint density at radius 1 is 1.48 bits per heavy atom. The molecule has 0 unspecified atom stereocenters. The Morgan fingerprint density at radius 3 is 2.76 bits per heavy atom. The van der Waals surface area contributed by atoms with Gasteiger partial charge in [0.15, 0.2) is 11.6 Å². The van der Waals surface area contributed by atoms with Crippen molar-refractivity contribution >= 4 is 17.9 Å². The molecule has 0 spiro atoms. The number of carbonyl (C=O) groups is 1. The van der Waals surface area contributed by atoms with Crippen molar-refractivity contribution in [3.05, 3.63) is 35.3 Å². The summed E-state index contributed by atoms with van der Waals surface area (Å²) in [6.07, 6.45) is 2.56. The van der Waals surface area contributed by atoms with E-state index in [9.17, 15) is 9.18 Å². The Balaban J connectivity index is 2.98. The van der Waals surface area contributed by atoms with E-state index in [4.69, 9.17) is 20.9 Å². The van der Waals surface area contributed by atoms with Gasteiger partial charge in [-0.15, -0.1) is 0 Å². The summed E-state index contributed by atoms with van der Waals surface area (Å²) in [5.74, 6) is -1.10. The Labute approximate surface area is 122 Å². The van der Waals surface area contributed by atoms with Gasteiger partial charge in [0.1, 0.15) is 5.70 Å². The van der Waals surface area contributed by atoms with E-state index < -0.39 is 11.8 Å². The number of halogens is 1. The molecule has 0 saturated carbocycles. The summed E-state index contributed by atoms with van der Waals surface area (Å²) < 4.78 is 23.5. The molecule has 0 saturated heterocycles. The second-order valence-electron chi connectivity index (χ2n) is 3.90. The van der Waals surface area contributed by atoms with Crippen LogP contribution in [-0.4, -0.2) is 25.9 Å². The standard InChI is InChI=1S/C14H18FN3O3/c1-3-21-14(19)10(17)6-7-18-11-4-5-12(20-2)13(15)9(11)8-16/h4-7H,3,8,16-17H2,1-2H3.